The summed E-state index contributed by atoms with van der Waals surface area (Å²) in [6, 6.07) is 7.34. The van der Waals surface area contributed by atoms with E-state index < -0.39 is 24.8 Å². The first-order chi connectivity index (χ1) is 8.42. The molecule has 1 atom stereocenters. The normalized spacial score (nSPS) is 12.9. The van der Waals surface area contributed by atoms with E-state index in [2.05, 4.69) is 5.32 Å². The first-order valence-corrected chi connectivity index (χ1v) is 5.68. The van der Waals surface area contributed by atoms with E-state index >= 15 is 0 Å². The molecule has 0 radical (unpaired) electrons. The SMILES string of the molecule is O=C(NCC(F)(F)F)NC(CCl)c1ccccc1. The van der Waals surface area contributed by atoms with Gasteiger partial charge in [0.25, 0.3) is 0 Å². The molecule has 0 heterocycles. The van der Waals surface area contributed by atoms with Crippen LogP contribution < -0.4 is 10.6 Å². The lowest BCUT2D eigenvalue weighted by molar-refractivity contribution is -0.122. The van der Waals surface area contributed by atoms with Crippen molar-refractivity contribution in [2.45, 2.75) is 12.2 Å². The quantitative estimate of drug-likeness (QED) is 0.818. The summed E-state index contributed by atoms with van der Waals surface area (Å²) < 4.78 is 35.7. The molecule has 1 aromatic rings. The first-order valence-electron chi connectivity index (χ1n) is 5.14. The molecule has 0 spiro atoms. The second-order valence-electron chi connectivity index (χ2n) is 3.56. The number of benzene rings is 1. The zero-order chi connectivity index (χ0) is 13.6. The standard InChI is InChI=1S/C11H12ClF3N2O/c12-6-9(8-4-2-1-3-5-8)17-10(18)16-7-11(13,14)15/h1-5,9H,6-7H2,(H2,16,17,18). The number of alkyl halides is 4. The number of nitrogens with one attached hydrogen (secondary N) is 2. The maximum atomic E-state index is 11.9. The van der Waals surface area contributed by atoms with Gasteiger partial charge in [-0.15, -0.1) is 11.6 Å². The molecule has 1 aromatic carbocycles. The summed E-state index contributed by atoms with van der Waals surface area (Å²) >= 11 is 5.67. The summed E-state index contributed by atoms with van der Waals surface area (Å²) in [5.41, 5.74) is 0.731. The molecule has 1 unspecified atom stereocenters. The van der Waals surface area contributed by atoms with Crippen LogP contribution in [-0.4, -0.2) is 24.6 Å². The van der Waals surface area contributed by atoms with Gasteiger partial charge in [0.05, 0.1) is 6.04 Å². The molecular weight excluding hydrogens is 269 g/mol. The summed E-state index contributed by atoms with van der Waals surface area (Å²) in [4.78, 5) is 11.3. The van der Waals surface area contributed by atoms with Gasteiger partial charge in [0, 0.05) is 5.88 Å². The number of halogens is 4. The molecule has 100 valence electrons. The smallest absolute Gasteiger partial charge is 0.330 e. The van der Waals surface area contributed by atoms with Crippen molar-refractivity contribution in [2.75, 3.05) is 12.4 Å². The molecule has 2 amide bonds. The largest absolute Gasteiger partial charge is 0.405 e. The van der Waals surface area contributed by atoms with Crippen LogP contribution in [0.3, 0.4) is 0 Å². The number of carbonyl (C=O) groups excluding carboxylic acids is 1. The van der Waals surface area contributed by atoms with Crippen LogP contribution >= 0.6 is 11.6 Å². The lowest BCUT2D eigenvalue weighted by atomic mass is 10.1. The van der Waals surface area contributed by atoms with E-state index in [0.717, 1.165) is 5.56 Å². The molecule has 2 N–H and O–H groups in total. The third-order valence-corrected chi connectivity index (χ3v) is 2.42. The molecule has 1 rings (SSSR count). The van der Waals surface area contributed by atoms with Crippen molar-refractivity contribution >= 4 is 17.6 Å². The van der Waals surface area contributed by atoms with E-state index in [-0.39, 0.29) is 5.88 Å². The number of rotatable bonds is 4. The number of urea groups is 1. The Kier molecular flexibility index (Phi) is 5.27. The Balaban J connectivity index is 2.51. The van der Waals surface area contributed by atoms with Crippen molar-refractivity contribution in [1.29, 1.82) is 0 Å². The molecule has 0 saturated carbocycles. The van der Waals surface area contributed by atoms with Gasteiger partial charge in [-0.2, -0.15) is 13.2 Å². The van der Waals surface area contributed by atoms with E-state index in [9.17, 15) is 18.0 Å². The van der Waals surface area contributed by atoms with E-state index in [4.69, 9.17) is 11.6 Å². The van der Waals surface area contributed by atoms with Gasteiger partial charge in [-0.3, -0.25) is 0 Å². The maximum absolute atomic E-state index is 11.9. The topological polar surface area (TPSA) is 41.1 Å². The Morgan fingerprint density at radius 3 is 2.39 bits per heavy atom. The van der Waals surface area contributed by atoms with Gasteiger partial charge in [0.1, 0.15) is 6.54 Å². The Morgan fingerprint density at radius 1 is 1.28 bits per heavy atom. The van der Waals surface area contributed by atoms with E-state index in [0.29, 0.717) is 0 Å². The highest BCUT2D eigenvalue weighted by molar-refractivity contribution is 6.18. The third-order valence-electron chi connectivity index (χ3n) is 2.11. The van der Waals surface area contributed by atoms with Gasteiger partial charge < -0.3 is 10.6 Å². The van der Waals surface area contributed by atoms with Crippen molar-refractivity contribution in [3.05, 3.63) is 35.9 Å². The Labute approximate surface area is 107 Å². The molecule has 0 fully saturated rings. The van der Waals surface area contributed by atoms with Gasteiger partial charge in [0.15, 0.2) is 0 Å². The maximum Gasteiger partial charge on any atom is 0.405 e. The molecule has 0 aliphatic carbocycles. The Bertz CT molecular complexity index is 384. The minimum Gasteiger partial charge on any atom is -0.330 e. The van der Waals surface area contributed by atoms with Gasteiger partial charge in [-0.25, -0.2) is 4.79 Å². The number of hydrogen-bond donors (Lipinski definition) is 2. The van der Waals surface area contributed by atoms with E-state index in [1.807, 2.05) is 0 Å². The fourth-order valence-corrected chi connectivity index (χ4v) is 1.54. The van der Waals surface area contributed by atoms with Crippen LogP contribution in [0.4, 0.5) is 18.0 Å². The monoisotopic (exact) mass is 280 g/mol. The summed E-state index contributed by atoms with van der Waals surface area (Å²) in [6.07, 6.45) is -4.43. The van der Waals surface area contributed by atoms with Crippen molar-refractivity contribution in [3.63, 3.8) is 0 Å². The predicted molar refractivity (Wildman–Crippen MR) is 62.5 cm³/mol. The number of amides is 2. The highest BCUT2D eigenvalue weighted by Crippen LogP contribution is 2.14. The zero-order valence-corrected chi connectivity index (χ0v) is 10.1. The van der Waals surface area contributed by atoms with Crippen molar-refractivity contribution in [3.8, 4) is 0 Å². The average Bonchev–Trinajstić information content (AvgIpc) is 2.33. The van der Waals surface area contributed by atoms with Crippen molar-refractivity contribution in [1.82, 2.24) is 10.6 Å². The van der Waals surface area contributed by atoms with E-state index in [1.54, 1.807) is 35.6 Å². The predicted octanol–water partition coefficient (Wildman–Crippen LogP) is 2.83. The highest BCUT2D eigenvalue weighted by Gasteiger charge is 2.28. The van der Waals surface area contributed by atoms with Gasteiger partial charge in [0.2, 0.25) is 0 Å². The summed E-state index contributed by atoms with van der Waals surface area (Å²) in [7, 11) is 0. The first kappa shape index (κ1) is 14.6. The lowest BCUT2D eigenvalue weighted by Gasteiger charge is -2.17. The van der Waals surface area contributed by atoms with Crippen molar-refractivity contribution in [2.24, 2.45) is 0 Å². The van der Waals surface area contributed by atoms with Crippen molar-refractivity contribution < 1.29 is 18.0 Å². The van der Waals surface area contributed by atoms with Crippen LogP contribution in [0.25, 0.3) is 0 Å². The molecule has 0 aliphatic heterocycles. The summed E-state index contributed by atoms with van der Waals surface area (Å²) in [6.45, 7) is -1.37. The minimum atomic E-state index is -4.43. The summed E-state index contributed by atoms with van der Waals surface area (Å²) in [5, 5.41) is 4.10. The fourth-order valence-electron chi connectivity index (χ4n) is 1.29. The fraction of sp³-hybridized carbons (Fsp3) is 0.364. The van der Waals surface area contributed by atoms with Crippen LogP contribution in [-0.2, 0) is 0 Å². The zero-order valence-electron chi connectivity index (χ0n) is 9.30. The van der Waals surface area contributed by atoms with Crippen LogP contribution in [0.5, 0.6) is 0 Å². The van der Waals surface area contributed by atoms with E-state index in [1.165, 1.54) is 0 Å². The molecule has 0 aliphatic rings. The van der Waals surface area contributed by atoms with Crippen LogP contribution in [0, 0.1) is 0 Å². The highest BCUT2D eigenvalue weighted by atomic mass is 35.5. The average molecular weight is 281 g/mol. The molecular formula is C11H12ClF3N2O. The van der Waals surface area contributed by atoms with Gasteiger partial charge >= 0.3 is 12.2 Å². The molecule has 0 saturated heterocycles. The second kappa shape index (κ2) is 6.49. The van der Waals surface area contributed by atoms with Gasteiger partial charge in [-0.1, -0.05) is 30.3 Å². The van der Waals surface area contributed by atoms with Crippen LogP contribution in [0.15, 0.2) is 30.3 Å². The molecule has 3 nitrogen and oxygen atoms in total. The molecule has 18 heavy (non-hydrogen) atoms. The van der Waals surface area contributed by atoms with Gasteiger partial charge in [-0.05, 0) is 5.56 Å². The Morgan fingerprint density at radius 2 is 1.89 bits per heavy atom. The minimum absolute atomic E-state index is 0.0729. The number of hydrogen-bond acceptors (Lipinski definition) is 1. The molecule has 0 aromatic heterocycles. The third kappa shape index (κ3) is 5.27. The van der Waals surface area contributed by atoms with Crippen LogP contribution in [0.2, 0.25) is 0 Å². The van der Waals surface area contributed by atoms with Crippen LogP contribution in [0.1, 0.15) is 11.6 Å². The number of carbonyl (C=O) groups is 1. The second-order valence-corrected chi connectivity index (χ2v) is 3.87. The Hall–Kier alpha value is -1.43. The molecule has 7 heteroatoms. The molecule has 0 bridgehead atoms. The summed E-state index contributed by atoms with van der Waals surface area (Å²) in [5.74, 6) is 0.0729. The lowest BCUT2D eigenvalue weighted by Crippen LogP contribution is -2.42.